The van der Waals surface area contributed by atoms with Gasteiger partial charge < -0.3 is 10.6 Å². The molecule has 4 N–H and O–H groups in total. The van der Waals surface area contributed by atoms with Gasteiger partial charge in [0.15, 0.2) is 0 Å². The van der Waals surface area contributed by atoms with Crippen LogP contribution in [0.5, 0.6) is 0 Å². The van der Waals surface area contributed by atoms with Gasteiger partial charge in [-0.1, -0.05) is 25.0 Å². The van der Waals surface area contributed by atoms with E-state index >= 15 is 0 Å². The Morgan fingerprint density at radius 2 is 1.78 bits per heavy atom. The highest BCUT2D eigenvalue weighted by Gasteiger charge is 2.16. The average Bonchev–Trinajstić information content (AvgIpc) is 2.99. The summed E-state index contributed by atoms with van der Waals surface area (Å²) in [4.78, 5) is 11.9. The van der Waals surface area contributed by atoms with Gasteiger partial charge in [0.1, 0.15) is 0 Å². The summed E-state index contributed by atoms with van der Waals surface area (Å²) in [6.45, 7) is 1.39. The summed E-state index contributed by atoms with van der Waals surface area (Å²) in [5.74, 6) is 0.113. The molecule has 0 atom stereocenters. The molecule has 0 unspecified atom stereocenters. The molecule has 2 rings (SSSR count). The van der Waals surface area contributed by atoms with E-state index < -0.39 is 10.0 Å². The van der Waals surface area contributed by atoms with E-state index in [-0.39, 0.29) is 10.8 Å². The molecule has 0 bridgehead atoms. The Morgan fingerprint density at radius 3 is 2.39 bits per heavy atom. The molecule has 1 aromatic carbocycles. The van der Waals surface area contributed by atoms with Crippen molar-refractivity contribution in [2.24, 2.45) is 5.14 Å². The SMILES string of the molecule is NS(=O)(=O)c1ccc(CCNCCC(=O)NC2CCCC2)cc1. The summed E-state index contributed by atoms with van der Waals surface area (Å²) in [7, 11) is -3.63. The van der Waals surface area contributed by atoms with E-state index in [0.717, 1.165) is 31.4 Å². The number of hydrogen-bond acceptors (Lipinski definition) is 4. The third kappa shape index (κ3) is 6.29. The summed E-state index contributed by atoms with van der Waals surface area (Å²) in [6.07, 6.45) is 5.90. The minimum absolute atomic E-state index is 0.113. The summed E-state index contributed by atoms with van der Waals surface area (Å²) < 4.78 is 22.3. The molecule has 7 heteroatoms. The highest BCUT2D eigenvalue weighted by Crippen LogP contribution is 2.17. The molecule has 0 aromatic heterocycles. The van der Waals surface area contributed by atoms with Crippen molar-refractivity contribution in [2.45, 2.75) is 49.5 Å². The van der Waals surface area contributed by atoms with Crippen LogP contribution in [0.2, 0.25) is 0 Å². The van der Waals surface area contributed by atoms with Crippen LogP contribution in [-0.4, -0.2) is 33.5 Å². The molecule has 0 saturated heterocycles. The first-order valence-corrected chi connectivity index (χ1v) is 9.61. The molecular weight excluding hydrogens is 314 g/mol. The average molecular weight is 339 g/mol. The first-order valence-electron chi connectivity index (χ1n) is 8.07. The molecule has 128 valence electrons. The molecule has 0 spiro atoms. The van der Waals surface area contributed by atoms with Crippen molar-refractivity contribution in [3.63, 3.8) is 0 Å². The lowest BCUT2D eigenvalue weighted by atomic mass is 10.1. The van der Waals surface area contributed by atoms with Crippen LogP contribution in [0.15, 0.2) is 29.2 Å². The van der Waals surface area contributed by atoms with Crippen molar-refractivity contribution < 1.29 is 13.2 Å². The van der Waals surface area contributed by atoms with E-state index in [1.54, 1.807) is 12.1 Å². The zero-order valence-corrected chi connectivity index (χ0v) is 14.1. The van der Waals surface area contributed by atoms with Crippen molar-refractivity contribution in [1.29, 1.82) is 0 Å². The third-order valence-corrected chi connectivity index (χ3v) is 5.02. The van der Waals surface area contributed by atoms with Gasteiger partial charge in [-0.05, 0) is 43.5 Å². The number of amides is 1. The fraction of sp³-hybridized carbons (Fsp3) is 0.562. The van der Waals surface area contributed by atoms with Gasteiger partial charge in [0.05, 0.1) is 4.90 Å². The Labute approximate surface area is 137 Å². The second kappa shape index (κ2) is 8.42. The smallest absolute Gasteiger partial charge is 0.238 e. The Morgan fingerprint density at radius 1 is 1.13 bits per heavy atom. The van der Waals surface area contributed by atoms with Crippen molar-refractivity contribution in [3.8, 4) is 0 Å². The van der Waals surface area contributed by atoms with Crippen molar-refractivity contribution in [3.05, 3.63) is 29.8 Å². The van der Waals surface area contributed by atoms with Crippen LogP contribution in [0.4, 0.5) is 0 Å². The predicted octanol–water partition coefficient (Wildman–Crippen LogP) is 0.915. The van der Waals surface area contributed by atoms with E-state index in [1.165, 1.54) is 25.0 Å². The predicted molar refractivity (Wildman–Crippen MR) is 89.4 cm³/mol. The minimum Gasteiger partial charge on any atom is -0.353 e. The standard InChI is InChI=1S/C16H25N3O3S/c17-23(21,22)15-7-5-13(6-8-15)9-11-18-12-10-16(20)19-14-3-1-2-4-14/h5-8,14,18H,1-4,9-12H2,(H,19,20)(H2,17,21,22). The van der Waals surface area contributed by atoms with E-state index in [9.17, 15) is 13.2 Å². The second-order valence-electron chi connectivity index (χ2n) is 5.99. The molecular formula is C16H25N3O3S. The topological polar surface area (TPSA) is 101 Å². The molecule has 0 aliphatic heterocycles. The van der Waals surface area contributed by atoms with Crippen LogP contribution in [-0.2, 0) is 21.2 Å². The summed E-state index contributed by atoms with van der Waals surface area (Å²) in [5, 5.41) is 11.3. The van der Waals surface area contributed by atoms with Gasteiger partial charge >= 0.3 is 0 Å². The minimum atomic E-state index is -3.63. The Bertz CT molecular complexity index is 608. The highest BCUT2D eigenvalue weighted by atomic mass is 32.2. The summed E-state index contributed by atoms with van der Waals surface area (Å²) >= 11 is 0. The summed E-state index contributed by atoms with van der Waals surface area (Å²) in [6, 6.07) is 6.92. The van der Waals surface area contributed by atoms with Gasteiger partial charge in [0.2, 0.25) is 15.9 Å². The largest absolute Gasteiger partial charge is 0.353 e. The van der Waals surface area contributed by atoms with Gasteiger partial charge in [-0.25, -0.2) is 13.6 Å². The van der Waals surface area contributed by atoms with E-state index in [1.807, 2.05) is 0 Å². The van der Waals surface area contributed by atoms with Gasteiger partial charge in [-0.15, -0.1) is 0 Å². The first kappa shape index (κ1) is 17.9. The molecule has 1 aromatic rings. The quantitative estimate of drug-likeness (QED) is 0.613. The normalized spacial score (nSPS) is 15.7. The molecule has 23 heavy (non-hydrogen) atoms. The molecule has 1 aliphatic carbocycles. The van der Waals surface area contributed by atoms with Crippen molar-refractivity contribution >= 4 is 15.9 Å². The van der Waals surface area contributed by atoms with E-state index in [2.05, 4.69) is 10.6 Å². The Kier molecular flexibility index (Phi) is 6.56. The number of nitrogens with two attached hydrogens (primary N) is 1. The lowest BCUT2D eigenvalue weighted by Crippen LogP contribution is -2.34. The number of hydrogen-bond donors (Lipinski definition) is 3. The second-order valence-corrected chi connectivity index (χ2v) is 7.55. The number of primary sulfonamides is 1. The van der Waals surface area contributed by atoms with Crippen molar-refractivity contribution in [2.75, 3.05) is 13.1 Å². The zero-order chi connectivity index (χ0) is 16.7. The maximum atomic E-state index is 11.7. The van der Waals surface area contributed by atoms with Crippen LogP contribution in [0.1, 0.15) is 37.7 Å². The number of benzene rings is 1. The van der Waals surface area contributed by atoms with Crippen LogP contribution in [0.25, 0.3) is 0 Å². The van der Waals surface area contributed by atoms with Gasteiger partial charge in [0, 0.05) is 19.0 Å². The first-order chi connectivity index (χ1) is 10.9. The Balaban J connectivity index is 1.60. The maximum absolute atomic E-state index is 11.7. The molecule has 1 fully saturated rings. The van der Waals surface area contributed by atoms with Gasteiger partial charge in [0.25, 0.3) is 0 Å². The lowest BCUT2D eigenvalue weighted by Gasteiger charge is -2.12. The molecule has 6 nitrogen and oxygen atoms in total. The van der Waals surface area contributed by atoms with Gasteiger partial charge in [-0.3, -0.25) is 4.79 Å². The Hall–Kier alpha value is -1.44. The number of carbonyl (C=O) groups excluding carboxylic acids is 1. The number of nitrogens with one attached hydrogen (secondary N) is 2. The lowest BCUT2D eigenvalue weighted by molar-refractivity contribution is -0.121. The molecule has 1 aliphatic rings. The van der Waals surface area contributed by atoms with E-state index in [4.69, 9.17) is 5.14 Å². The van der Waals surface area contributed by atoms with Crippen LogP contribution >= 0.6 is 0 Å². The summed E-state index contributed by atoms with van der Waals surface area (Å²) in [5.41, 5.74) is 1.03. The zero-order valence-electron chi connectivity index (χ0n) is 13.3. The van der Waals surface area contributed by atoms with Crippen LogP contribution in [0.3, 0.4) is 0 Å². The highest BCUT2D eigenvalue weighted by molar-refractivity contribution is 7.89. The third-order valence-electron chi connectivity index (χ3n) is 4.09. The van der Waals surface area contributed by atoms with Crippen molar-refractivity contribution in [1.82, 2.24) is 10.6 Å². The molecule has 1 saturated carbocycles. The fourth-order valence-electron chi connectivity index (χ4n) is 2.78. The van der Waals surface area contributed by atoms with Crippen LogP contribution in [0, 0.1) is 0 Å². The van der Waals surface area contributed by atoms with E-state index in [0.29, 0.717) is 19.0 Å². The molecule has 0 radical (unpaired) electrons. The number of sulfonamides is 1. The number of rotatable bonds is 8. The molecule has 1 amide bonds. The van der Waals surface area contributed by atoms with Gasteiger partial charge in [-0.2, -0.15) is 0 Å². The molecule has 0 heterocycles. The maximum Gasteiger partial charge on any atom is 0.238 e. The fourth-order valence-corrected chi connectivity index (χ4v) is 3.29. The van der Waals surface area contributed by atoms with Crippen LogP contribution < -0.4 is 15.8 Å². The monoisotopic (exact) mass is 339 g/mol. The number of carbonyl (C=O) groups is 1.